The Morgan fingerprint density at radius 1 is 1.00 bits per heavy atom. The summed E-state index contributed by atoms with van der Waals surface area (Å²) in [5, 5.41) is 0. The first-order valence-electron chi connectivity index (χ1n) is 4.04. The van der Waals surface area contributed by atoms with Crippen LogP contribution >= 0.6 is 0 Å². The number of hydrogen-bond acceptors (Lipinski definition) is 1. The molecule has 2 unspecified atom stereocenters. The Labute approximate surface area is 57.4 Å². The molecule has 1 fully saturated rings. The van der Waals surface area contributed by atoms with Crippen molar-refractivity contribution in [3.8, 4) is 0 Å². The second kappa shape index (κ2) is 3.21. The molecule has 54 valence electrons. The molecule has 0 aromatic carbocycles. The van der Waals surface area contributed by atoms with E-state index in [9.17, 15) is 0 Å². The molecule has 0 spiro atoms. The second-order valence-electron chi connectivity index (χ2n) is 2.79. The van der Waals surface area contributed by atoms with Gasteiger partial charge in [0, 0.05) is 0 Å². The van der Waals surface area contributed by atoms with Crippen LogP contribution in [0.3, 0.4) is 0 Å². The predicted molar refractivity (Wildman–Crippen MR) is 38.5 cm³/mol. The molecule has 1 rings (SSSR count). The number of rotatable bonds is 4. The van der Waals surface area contributed by atoms with Crippen LogP contribution in [-0.4, -0.2) is 12.2 Å². The largest absolute Gasteiger partial charge is 0.370 e. The Balaban J connectivity index is 1.96. The van der Waals surface area contributed by atoms with E-state index in [-0.39, 0.29) is 0 Å². The highest BCUT2D eigenvalue weighted by Crippen LogP contribution is 2.29. The average Bonchev–Trinajstić information content (AvgIpc) is 2.50. The molecule has 1 aliphatic rings. The van der Waals surface area contributed by atoms with E-state index in [2.05, 4.69) is 13.8 Å². The molecule has 0 N–H and O–H groups in total. The minimum Gasteiger partial charge on any atom is -0.370 e. The van der Waals surface area contributed by atoms with Gasteiger partial charge in [0.25, 0.3) is 0 Å². The third-order valence-corrected chi connectivity index (χ3v) is 1.83. The van der Waals surface area contributed by atoms with Gasteiger partial charge >= 0.3 is 0 Å². The zero-order valence-corrected chi connectivity index (χ0v) is 6.39. The van der Waals surface area contributed by atoms with Crippen molar-refractivity contribution in [3.63, 3.8) is 0 Å². The molecular formula is C8H16O. The highest BCUT2D eigenvalue weighted by atomic mass is 16.6. The normalized spacial score (nSPS) is 32.7. The van der Waals surface area contributed by atoms with E-state index in [1.54, 1.807) is 0 Å². The van der Waals surface area contributed by atoms with Gasteiger partial charge in [0.05, 0.1) is 12.2 Å². The molecule has 0 aromatic heterocycles. The molecular weight excluding hydrogens is 112 g/mol. The molecule has 0 saturated carbocycles. The fraction of sp³-hybridized carbons (Fsp3) is 1.00. The highest BCUT2D eigenvalue weighted by Gasteiger charge is 2.36. The second-order valence-corrected chi connectivity index (χ2v) is 2.79. The van der Waals surface area contributed by atoms with Crippen LogP contribution in [0.25, 0.3) is 0 Å². The van der Waals surface area contributed by atoms with Crippen molar-refractivity contribution < 1.29 is 4.74 Å². The Morgan fingerprint density at radius 3 is 1.78 bits per heavy atom. The summed E-state index contributed by atoms with van der Waals surface area (Å²) in [5.74, 6) is 0. The van der Waals surface area contributed by atoms with Gasteiger partial charge in [-0.15, -0.1) is 0 Å². The lowest BCUT2D eigenvalue weighted by molar-refractivity contribution is 0.354. The van der Waals surface area contributed by atoms with Crippen LogP contribution < -0.4 is 0 Å². The molecule has 1 saturated heterocycles. The summed E-state index contributed by atoms with van der Waals surface area (Å²) in [7, 11) is 0. The van der Waals surface area contributed by atoms with E-state index in [0.29, 0.717) is 12.2 Å². The van der Waals surface area contributed by atoms with Gasteiger partial charge in [-0.3, -0.25) is 0 Å². The van der Waals surface area contributed by atoms with E-state index >= 15 is 0 Å². The van der Waals surface area contributed by atoms with Crippen LogP contribution in [0.15, 0.2) is 0 Å². The third kappa shape index (κ3) is 1.98. The summed E-state index contributed by atoms with van der Waals surface area (Å²) in [6.07, 6.45) is 6.34. The Kier molecular flexibility index (Phi) is 2.52. The first-order valence-corrected chi connectivity index (χ1v) is 4.04. The smallest absolute Gasteiger partial charge is 0.0841 e. The topological polar surface area (TPSA) is 12.5 Å². The summed E-state index contributed by atoms with van der Waals surface area (Å²) in [4.78, 5) is 0. The fourth-order valence-corrected chi connectivity index (χ4v) is 1.26. The van der Waals surface area contributed by atoms with Gasteiger partial charge in [0.2, 0.25) is 0 Å². The summed E-state index contributed by atoms with van der Waals surface area (Å²) in [6.45, 7) is 4.43. The molecule has 0 bridgehead atoms. The lowest BCUT2D eigenvalue weighted by Gasteiger charge is -1.87. The van der Waals surface area contributed by atoms with Crippen LogP contribution in [0.4, 0.5) is 0 Å². The van der Waals surface area contributed by atoms with E-state index in [4.69, 9.17) is 4.74 Å². The van der Waals surface area contributed by atoms with Gasteiger partial charge in [0.15, 0.2) is 0 Å². The van der Waals surface area contributed by atoms with Crippen molar-refractivity contribution in [2.24, 2.45) is 0 Å². The van der Waals surface area contributed by atoms with Gasteiger partial charge in [-0.2, -0.15) is 0 Å². The molecule has 1 aliphatic heterocycles. The molecule has 1 nitrogen and oxygen atoms in total. The highest BCUT2D eigenvalue weighted by molar-refractivity contribution is 4.83. The van der Waals surface area contributed by atoms with Crippen molar-refractivity contribution in [3.05, 3.63) is 0 Å². The minimum atomic E-state index is 0.634. The predicted octanol–water partition coefficient (Wildman–Crippen LogP) is 2.35. The maximum atomic E-state index is 5.40. The molecule has 1 heteroatoms. The lowest BCUT2D eigenvalue weighted by Crippen LogP contribution is -1.91. The molecule has 9 heavy (non-hydrogen) atoms. The van der Waals surface area contributed by atoms with Gasteiger partial charge in [-0.1, -0.05) is 26.7 Å². The van der Waals surface area contributed by atoms with Crippen molar-refractivity contribution in [2.45, 2.75) is 51.7 Å². The van der Waals surface area contributed by atoms with E-state index < -0.39 is 0 Å². The van der Waals surface area contributed by atoms with Crippen molar-refractivity contribution in [2.75, 3.05) is 0 Å². The summed E-state index contributed by atoms with van der Waals surface area (Å²) < 4.78 is 5.40. The van der Waals surface area contributed by atoms with Crippen LogP contribution in [0, 0.1) is 0 Å². The van der Waals surface area contributed by atoms with Crippen molar-refractivity contribution in [1.29, 1.82) is 0 Å². The first kappa shape index (κ1) is 7.07. The van der Waals surface area contributed by atoms with E-state index in [1.807, 2.05) is 0 Å². The fourth-order valence-electron chi connectivity index (χ4n) is 1.26. The van der Waals surface area contributed by atoms with Crippen LogP contribution in [0.1, 0.15) is 39.5 Å². The summed E-state index contributed by atoms with van der Waals surface area (Å²) in [5.41, 5.74) is 0. The average molecular weight is 128 g/mol. The monoisotopic (exact) mass is 128 g/mol. The van der Waals surface area contributed by atoms with E-state index in [1.165, 1.54) is 25.7 Å². The molecule has 0 aliphatic carbocycles. The number of ether oxygens (including phenoxy) is 1. The minimum absolute atomic E-state index is 0.634. The zero-order valence-electron chi connectivity index (χ0n) is 6.39. The van der Waals surface area contributed by atoms with Crippen LogP contribution in [0.2, 0.25) is 0 Å². The maximum absolute atomic E-state index is 5.40. The third-order valence-electron chi connectivity index (χ3n) is 1.83. The van der Waals surface area contributed by atoms with Crippen molar-refractivity contribution >= 4 is 0 Å². The summed E-state index contributed by atoms with van der Waals surface area (Å²) >= 11 is 0. The SMILES string of the molecule is CCCC1OC1CCC. The quantitative estimate of drug-likeness (QED) is 0.529. The Bertz CT molecular complexity index is 70.6. The molecule has 0 aromatic rings. The summed E-state index contributed by atoms with van der Waals surface area (Å²) in [6, 6.07) is 0. The lowest BCUT2D eigenvalue weighted by atomic mass is 10.1. The Morgan fingerprint density at radius 2 is 1.44 bits per heavy atom. The Hall–Kier alpha value is -0.0400. The maximum Gasteiger partial charge on any atom is 0.0841 e. The first-order chi connectivity index (χ1) is 4.38. The molecule has 0 amide bonds. The van der Waals surface area contributed by atoms with Gasteiger partial charge in [-0.25, -0.2) is 0 Å². The zero-order chi connectivity index (χ0) is 6.69. The van der Waals surface area contributed by atoms with Gasteiger partial charge < -0.3 is 4.74 Å². The van der Waals surface area contributed by atoms with Crippen LogP contribution in [0.5, 0.6) is 0 Å². The standard InChI is InChI=1S/C8H16O/c1-3-5-7-8(9-7)6-4-2/h7-8H,3-6H2,1-2H3. The number of epoxide rings is 1. The van der Waals surface area contributed by atoms with Crippen molar-refractivity contribution in [1.82, 2.24) is 0 Å². The van der Waals surface area contributed by atoms with Crippen LogP contribution in [-0.2, 0) is 4.74 Å². The molecule has 1 heterocycles. The molecule has 2 atom stereocenters. The van der Waals surface area contributed by atoms with Gasteiger partial charge in [0.1, 0.15) is 0 Å². The van der Waals surface area contributed by atoms with E-state index in [0.717, 1.165) is 0 Å². The molecule has 0 radical (unpaired) electrons. The number of hydrogen-bond donors (Lipinski definition) is 0. The van der Waals surface area contributed by atoms with Gasteiger partial charge in [-0.05, 0) is 12.8 Å².